The van der Waals surface area contributed by atoms with Crippen molar-refractivity contribution in [2.45, 2.75) is 290 Å². The first-order valence-corrected chi connectivity index (χ1v) is 25.5. The fourth-order valence-electron chi connectivity index (χ4n) is 7.67. The van der Waals surface area contributed by atoms with Crippen molar-refractivity contribution in [2.75, 3.05) is 26.9 Å². The molecule has 6 nitrogen and oxygen atoms in total. The molecule has 0 rings (SSSR count). The maximum atomic E-state index is 12.7. The zero-order chi connectivity index (χ0) is 42.8. The van der Waals surface area contributed by atoms with Gasteiger partial charge in [-0.1, -0.05) is 213 Å². The van der Waals surface area contributed by atoms with E-state index >= 15 is 0 Å². The molecule has 1 amide bonds. The van der Waals surface area contributed by atoms with E-state index in [-0.39, 0.29) is 23.4 Å². The van der Waals surface area contributed by atoms with Gasteiger partial charge in [0.2, 0.25) is 0 Å². The van der Waals surface area contributed by atoms with Crippen LogP contribution in [0.5, 0.6) is 0 Å². The van der Waals surface area contributed by atoms with E-state index in [1.165, 1.54) is 193 Å². The number of rotatable bonds is 46. The average Bonchev–Trinajstić information content (AvgIpc) is 3.19. The quantitative estimate of drug-likeness (QED) is 0.0489. The lowest BCUT2D eigenvalue weighted by Crippen LogP contribution is -2.35. The van der Waals surface area contributed by atoms with E-state index in [1.54, 1.807) is 7.11 Å². The van der Waals surface area contributed by atoms with E-state index < -0.39 is 0 Å². The molecule has 0 fully saturated rings. The predicted octanol–water partition coefficient (Wildman–Crippen LogP) is 16.9. The number of ether oxygens (including phenoxy) is 4. The fraction of sp³-hybridized carbons (Fsp3) is 0.942. The summed E-state index contributed by atoms with van der Waals surface area (Å²) in [7, 11) is 1.73. The average molecular weight is 822 g/mol. The topological polar surface area (TPSA) is 66.0 Å². The predicted molar refractivity (Wildman–Crippen MR) is 252 cm³/mol. The van der Waals surface area contributed by atoms with Gasteiger partial charge in [0.25, 0.3) is 0 Å². The third-order valence-corrected chi connectivity index (χ3v) is 12.2. The van der Waals surface area contributed by atoms with E-state index in [9.17, 15) is 4.79 Å². The second-order valence-electron chi connectivity index (χ2n) is 19.0. The molecule has 0 saturated carbocycles. The number of methoxy groups -OCH3 is 1. The standard InChI is InChI=1S/C52H103NO5/c1-9-11-13-15-17-19-21-23-25-26-28-30-32-34-36-38-40-42-49(47-53-50(54)56-45-43-52(6,7)57-46-44-51(4,5)55-8)58-48(3)41-39-37-35-33-31-29-27-24-22-20-18-16-14-12-10-2/h49H,3,9-47H2,1-2,4-8H3,(H,53,54). The molecule has 0 aromatic rings. The summed E-state index contributed by atoms with van der Waals surface area (Å²) in [6.07, 6.45) is 46.5. The molecule has 0 aliphatic carbocycles. The third-order valence-electron chi connectivity index (χ3n) is 12.2. The van der Waals surface area contributed by atoms with E-state index in [1.807, 2.05) is 13.8 Å². The highest BCUT2D eigenvalue weighted by Crippen LogP contribution is 2.21. The van der Waals surface area contributed by atoms with Crippen molar-refractivity contribution in [1.82, 2.24) is 5.32 Å². The van der Waals surface area contributed by atoms with Crippen LogP contribution in [0.1, 0.15) is 273 Å². The van der Waals surface area contributed by atoms with E-state index in [4.69, 9.17) is 18.9 Å². The van der Waals surface area contributed by atoms with Gasteiger partial charge in [-0.2, -0.15) is 0 Å². The molecule has 0 radical (unpaired) electrons. The van der Waals surface area contributed by atoms with Crippen LogP contribution in [0.3, 0.4) is 0 Å². The molecule has 0 heterocycles. The van der Waals surface area contributed by atoms with Crippen LogP contribution in [0.25, 0.3) is 0 Å². The van der Waals surface area contributed by atoms with Crippen LogP contribution in [-0.4, -0.2) is 50.3 Å². The molecule has 0 aromatic heterocycles. The minimum Gasteiger partial charge on any atom is -0.494 e. The summed E-state index contributed by atoms with van der Waals surface area (Å²) < 4.78 is 23.5. The zero-order valence-electron chi connectivity index (χ0n) is 40.4. The van der Waals surface area contributed by atoms with E-state index in [0.29, 0.717) is 26.2 Å². The smallest absolute Gasteiger partial charge is 0.407 e. The normalized spacial score (nSPS) is 12.5. The van der Waals surface area contributed by atoms with Crippen molar-refractivity contribution >= 4 is 6.09 Å². The summed E-state index contributed by atoms with van der Waals surface area (Å²) in [4.78, 5) is 12.7. The summed E-state index contributed by atoms with van der Waals surface area (Å²) in [5, 5.41) is 2.99. The molecule has 0 spiro atoms. The minimum atomic E-state index is -0.389. The van der Waals surface area contributed by atoms with Crippen molar-refractivity contribution in [1.29, 1.82) is 0 Å². The molecule has 1 atom stereocenters. The highest BCUT2D eigenvalue weighted by Gasteiger charge is 2.23. The number of hydrogen-bond donors (Lipinski definition) is 1. The van der Waals surface area contributed by atoms with Crippen LogP contribution in [0, 0.1) is 0 Å². The second kappa shape index (κ2) is 41.1. The summed E-state index contributed by atoms with van der Waals surface area (Å²) in [5.74, 6) is 0.859. The third kappa shape index (κ3) is 41.5. The molecule has 6 heteroatoms. The zero-order valence-corrected chi connectivity index (χ0v) is 40.4. The molecule has 0 aliphatic heterocycles. The van der Waals surface area contributed by atoms with Gasteiger partial charge in [-0.3, -0.25) is 0 Å². The summed E-state index contributed by atoms with van der Waals surface area (Å²) in [6.45, 7) is 18.4. The molecule has 346 valence electrons. The first kappa shape index (κ1) is 56.7. The lowest BCUT2D eigenvalue weighted by molar-refractivity contribution is -0.0662. The van der Waals surface area contributed by atoms with Gasteiger partial charge in [0, 0.05) is 20.0 Å². The van der Waals surface area contributed by atoms with E-state index in [0.717, 1.165) is 37.9 Å². The van der Waals surface area contributed by atoms with Crippen LogP contribution in [0.2, 0.25) is 0 Å². The highest BCUT2D eigenvalue weighted by molar-refractivity contribution is 5.67. The van der Waals surface area contributed by atoms with Crippen LogP contribution in [0.4, 0.5) is 4.79 Å². The highest BCUT2D eigenvalue weighted by atomic mass is 16.6. The Morgan fingerprint density at radius 1 is 0.517 bits per heavy atom. The molecule has 0 aromatic carbocycles. The number of unbranched alkanes of at least 4 members (excludes halogenated alkanes) is 30. The van der Waals surface area contributed by atoms with Gasteiger partial charge in [0.05, 0.1) is 36.7 Å². The molecule has 0 aliphatic rings. The minimum absolute atomic E-state index is 0.0726. The first-order chi connectivity index (χ1) is 28.0. The molecule has 0 bridgehead atoms. The largest absolute Gasteiger partial charge is 0.494 e. The Kier molecular flexibility index (Phi) is 40.2. The van der Waals surface area contributed by atoms with Gasteiger partial charge < -0.3 is 24.3 Å². The van der Waals surface area contributed by atoms with Crippen LogP contribution >= 0.6 is 0 Å². The Balaban J connectivity index is 4.37. The molecular weight excluding hydrogens is 719 g/mol. The Labute approximate surface area is 363 Å². The number of hydrogen-bond acceptors (Lipinski definition) is 5. The van der Waals surface area contributed by atoms with Crippen molar-refractivity contribution in [2.24, 2.45) is 0 Å². The van der Waals surface area contributed by atoms with Gasteiger partial charge in [-0.15, -0.1) is 0 Å². The number of nitrogens with one attached hydrogen (secondary N) is 1. The first-order valence-electron chi connectivity index (χ1n) is 25.5. The van der Waals surface area contributed by atoms with Gasteiger partial charge in [-0.05, 0) is 53.4 Å². The lowest BCUT2D eigenvalue weighted by atomic mass is 10.0. The number of carbonyl (C=O) groups excluding carboxylic acids is 1. The summed E-state index contributed by atoms with van der Waals surface area (Å²) in [6, 6.07) is 0. The molecule has 58 heavy (non-hydrogen) atoms. The van der Waals surface area contributed by atoms with Crippen LogP contribution in [0.15, 0.2) is 12.3 Å². The number of allylic oxidation sites excluding steroid dienone is 1. The number of amides is 1. The van der Waals surface area contributed by atoms with Crippen LogP contribution < -0.4 is 5.32 Å². The summed E-state index contributed by atoms with van der Waals surface area (Å²) >= 11 is 0. The van der Waals surface area contributed by atoms with Crippen molar-refractivity contribution < 1.29 is 23.7 Å². The maximum Gasteiger partial charge on any atom is 0.407 e. The SMILES string of the molecule is C=C(CCCCCCCCCCCCCCCCC)OC(CCCCCCCCCCCCCCCCCCC)CNC(=O)OCCC(C)(C)OCCC(C)(C)OC. The number of carbonyl (C=O) groups is 1. The molecule has 1 unspecified atom stereocenters. The van der Waals surface area contributed by atoms with Gasteiger partial charge in [0.15, 0.2) is 0 Å². The maximum absolute atomic E-state index is 12.7. The van der Waals surface area contributed by atoms with Crippen molar-refractivity contribution in [3.63, 3.8) is 0 Å². The second-order valence-corrected chi connectivity index (χ2v) is 19.0. The van der Waals surface area contributed by atoms with Gasteiger partial charge in [-0.25, -0.2) is 4.79 Å². The Bertz CT molecular complexity index is 889. The van der Waals surface area contributed by atoms with Crippen LogP contribution in [-0.2, 0) is 18.9 Å². The van der Waals surface area contributed by atoms with E-state index in [2.05, 4.69) is 39.6 Å². The summed E-state index contributed by atoms with van der Waals surface area (Å²) in [5.41, 5.74) is -0.596. The monoisotopic (exact) mass is 822 g/mol. The van der Waals surface area contributed by atoms with Gasteiger partial charge >= 0.3 is 6.09 Å². The molecular formula is C52H103NO5. The van der Waals surface area contributed by atoms with Gasteiger partial charge in [0.1, 0.15) is 6.10 Å². The molecule has 0 saturated heterocycles. The molecule has 1 N–H and O–H groups in total. The van der Waals surface area contributed by atoms with Crippen molar-refractivity contribution in [3.05, 3.63) is 12.3 Å². The Hall–Kier alpha value is -1.27. The fourth-order valence-corrected chi connectivity index (χ4v) is 7.67. The number of alkyl carbamates (subject to hydrolysis) is 1. The Morgan fingerprint density at radius 3 is 1.28 bits per heavy atom. The lowest BCUT2D eigenvalue weighted by Gasteiger charge is -2.28. The van der Waals surface area contributed by atoms with Crippen molar-refractivity contribution in [3.8, 4) is 0 Å². The Morgan fingerprint density at radius 2 is 0.879 bits per heavy atom.